The third kappa shape index (κ3) is 3.65. The molecule has 0 bridgehead atoms. The van der Waals surface area contributed by atoms with Crippen LogP contribution in [0, 0.1) is 5.82 Å². The standard InChI is InChI=1S/C16H16Br2FNO/c1-3-20-16(11-5-4-6-13(18)15(11)19)12-9-10(17)7-8-14(12)21-2/h4-9,16,20H,3H2,1-2H3. The summed E-state index contributed by atoms with van der Waals surface area (Å²) >= 11 is 6.71. The molecule has 0 aliphatic heterocycles. The zero-order valence-electron chi connectivity index (χ0n) is 11.8. The average Bonchev–Trinajstić information content (AvgIpc) is 2.48. The summed E-state index contributed by atoms with van der Waals surface area (Å²) in [6.07, 6.45) is 0. The minimum absolute atomic E-state index is 0.259. The fourth-order valence-corrected chi connectivity index (χ4v) is 3.03. The van der Waals surface area contributed by atoms with Crippen LogP contribution in [0.25, 0.3) is 0 Å². The van der Waals surface area contributed by atoms with Crippen molar-refractivity contribution in [3.05, 3.63) is 62.3 Å². The van der Waals surface area contributed by atoms with Gasteiger partial charge >= 0.3 is 0 Å². The molecule has 0 radical (unpaired) electrons. The van der Waals surface area contributed by atoms with Gasteiger partial charge in [-0.15, -0.1) is 0 Å². The lowest BCUT2D eigenvalue weighted by molar-refractivity contribution is 0.403. The van der Waals surface area contributed by atoms with E-state index in [-0.39, 0.29) is 11.9 Å². The Morgan fingerprint density at radius 2 is 1.95 bits per heavy atom. The molecule has 1 N–H and O–H groups in total. The van der Waals surface area contributed by atoms with Crippen molar-refractivity contribution < 1.29 is 9.13 Å². The van der Waals surface area contributed by atoms with Gasteiger partial charge < -0.3 is 10.1 Å². The van der Waals surface area contributed by atoms with Crippen molar-refractivity contribution in [3.8, 4) is 5.75 Å². The number of ether oxygens (including phenoxy) is 1. The maximum Gasteiger partial charge on any atom is 0.142 e. The van der Waals surface area contributed by atoms with Crippen LogP contribution in [0.1, 0.15) is 24.1 Å². The summed E-state index contributed by atoms with van der Waals surface area (Å²) in [7, 11) is 1.62. The molecule has 2 rings (SSSR count). The van der Waals surface area contributed by atoms with E-state index in [2.05, 4.69) is 37.2 Å². The van der Waals surface area contributed by atoms with Crippen molar-refractivity contribution in [2.75, 3.05) is 13.7 Å². The highest BCUT2D eigenvalue weighted by Gasteiger charge is 2.22. The quantitative estimate of drug-likeness (QED) is 0.735. The van der Waals surface area contributed by atoms with Crippen molar-refractivity contribution >= 4 is 31.9 Å². The summed E-state index contributed by atoms with van der Waals surface area (Å²) in [5.41, 5.74) is 1.48. The molecule has 0 aliphatic rings. The molecule has 0 amide bonds. The Bertz CT molecular complexity index is 634. The molecular weight excluding hydrogens is 401 g/mol. The highest BCUT2D eigenvalue weighted by Crippen LogP contribution is 2.34. The maximum absolute atomic E-state index is 14.5. The molecule has 2 aromatic rings. The van der Waals surface area contributed by atoms with Gasteiger partial charge in [0, 0.05) is 15.6 Å². The van der Waals surface area contributed by atoms with Gasteiger partial charge in [-0.2, -0.15) is 0 Å². The Morgan fingerprint density at radius 1 is 1.19 bits per heavy atom. The molecule has 0 saturated carbocycles. The molecular formula is C16H16Br2FNO. The molecule has 1 atom stereocenters. The number of hydrogen-bond donors (Lipinski definition) is 1. The second-order valence-electron chi connectivity index (χ2n) is 4.52. The number of methoxy groups -OCH3 is 1. The Labute approximate surface area is 141 Å². The van der Waals surface area contributed by atoms with Crippen LogP contribution in [-0.4, -0.2) is 13.7 Å². The molecule has 0 heterocycles. The third-order valence-corrected chi connectivity index (χ3v) is 4.31. The van der Waals surface area contributed by atoms with Gasteiger partial charge in [-0.1, -0.05) is 35.0 Å². The van der Waals surface area contributed by atoms with Crippen molar-refractivity contribution in [1.82, 2.24) is 5.32 Å². The minimum Gasteiger partial charge on any atom is -0.496 e. The summed E-state index contributed by atoms with van der Waals surface area (Å²) in [6, 6.07) is 10.8. The summed E-state index contributed by atoms with van der Waals surface area (Å²) in [5, 5.41) is 3.32. The van der Waals surface area contributed by atoms with E-state index in [9.17, 15) is 4.39 Å². The number of benzene rings is 2. The van der Waals surface area contributed by atoms with Crippen LogP contribution >= 0.6 is 31.9 Å². The van der Waals surface area contributed by atoms with E-state index in [1.165, 1.54) is 0 Å². The van der Waals surface area contributed by atoms with Gasteiger partial charge in [0.1, 0.15) is 11.6 Å². The fourth-order valence-electron chi connectivity index (χ4n) is 2.27. The van der Waals surface area contributed by atoms with Gasteiger partial charge in [-0.05, 0) is 46.7 Å². The predicted molar refractivity (Wildman–Crippen MR) is 90.3 cm³/mol. The summed E-state index contributed by atoms with van der Waals surface area (Å²) in [6.45, 7) is 2.71. The molecule has 0 aliphatic carbocycles. The zero-order valence-corrected chi connectivity index (χ0v) is 15.0. The van der Waals surface area contributed by atoms with E-state index in [4.69, 9.17) is 4.74 Å². The highest BCUT2D eigenvalue weighted by molar-refractivity contribution is 9.10. The summed E-state index contributed by atoms with van der Waals surface area (Å²) in [5.74, 6) is 0.467. The molecule has 21 heavy (non-hydrogen) atoms. The Balaban J connectivity index is 2.58. The van der Waals surface area contributed by atoms with Gasteiger partial charge in [0.25, 0.3) is 0 Å². The van der Waals surface area contributed by atoms with Crippen LogP contribution in [0.3, 0.4) is 0 Å². The molecule has 112 valence electrons. The molecule has 5 heteroatoms. The molecule has 0 aromatic heterocycles. The minimum atomic E-state index is -0.278. The monoisotopic (exact) mass is 415 g/mol. The molecule has 0 spiro atoms. The second-order valence-corrected chi connectivity index (χ2v) is 6.29. The normalized spacial score (nSPS) is 12.2. The lowest BCUT2D eigenvalue weighted by Crippen LogP contribution is -2.23. The predicted octanol–water partition coefficient (Wildman–Crippen LogP) is 5.06. The lowest BCUT2D eigenvalue weighted by Gasteiger charge is -2.22. The molecule has 1 unspecified atom stereocenters. The van der Waals surface area contributed by atoms with Crippen molar-refractivity contribution in [2.24, 2.45) is 0 Å². The summed E-state index contributed by atoms with van der Waals surface area (Å²) < 4.78 is 21.3. The third-order valence-electron chi connectivity index (χ3n) is 3.20. The largest absolute Gasteiger partial charge is 0.496 e. The van der Waals surface area contributed by atoms with E-state index in [0.29, 0.717) is 16.6 Å². The van der Waals surface area contributed by atoms with Crippen LogP contribution in [0.2, 0.25) is 0 Å². The molecule has 2 nitrogen and oxygen atoms in total. The molecule has 0 fully saturated rings. The average molecular weight is 417 g/mol. The van der Waals surface area contributed by atoms with Gasteiger partial charge in [-0.3, -0.25) is 0 Å². The maximum atomic E-state index is 14.5. The Kier molecular flexibility index (Phi) is 5.79. The number of hydrogen-bond acceptors (Lipinski definition) is 2. The van der Waals surface area contributed by atoms with Gasteiger partial charge in [0.05, 0.1) is 17.6 Å². The summed E-state index contributed by atoms with van der Waals surface area (Å²) in [4.78, 5) is 0. The Morgan fingerprint density at radius 3 is 2.62 bits per heavy atom. The van der Waals surface area contributed by atoms with Gasteiger partial charge in [-0.25, -0.2) is 4.39 Å². The van der Waals surface area contributed by atoms with Crippen LogP contribution < -0.4 is 10.1 Å². The first kappa shape index (κ1) is 16.5. The zero-order chi connectivity index (χ0) is 15.4. The van der Waals surface area contributed by atoms with Crippen LogP contribution in [0.4, 0.5) is 4.39 Å². The first-order chi connectivity index (χ1) is 10.1. The second kappa shape index (κ2) is 7.38. The van der Waals surface area contributed by atoms with Crippen LogP contribution in [-0.2, 0) is 0 Å². The number of halogens is 3. The molecule has 2 aromatic carbocycles. The van der Waals surface area contributed by atoms with Crippen molar-refractivity contribution in [3.63, 3.8) is 0 Å². The molecule has 0 saturated heterocycles. The fraction of sp³-hybridized carbons (Fsp3) is 0.250. The van der Waals surface area contributed by atoms with E-state index < -0.39 is 0 Å². The van der Waals surface area contributed by atoms with E-state index >= 15 is 0 Å². The Hall–Kier alpha value is -0.910. The van der Waals surface area contributed by atoms with Crippen LogP contribution in [0.15, 0.2) is 45.3 Å². The number of nitrogens with one attached hydrogen (secondary N) is 1. The first-order valence-corrected chi connectivity index (χ1v) is 8.17. The van der Waals surface area contributed by atoms with Gasteiger partial charge in [0.2, 0.25) is 0 Å². The highest BCUT2D eigenvalue weighted by atomic mass is 79.9. The smallest absolute Gasteiger partial charge is 0.142 e. The SMILES string of the molecule is CCNC(c1cc(Br)ccc1OC)c1cccc(Br)c1F. The lowest BCUT2D eigenvalue weighted by atomic mass is 9.97. The van der Waals surface area contributed by atoms with E-state index in [0.717, 1.165) is 15.8 Å². The van der Waals surface area contributed by atoms with Crippen molar-refractivity contribution in [1.29, 1.82) is 0 Å². The van der Waals surface area contributed by atoms with E-state index in [1.54, 1.807) is 19.2 Å². The van der Waals surface area contributed by atoms with Crippen molar-refractivity contribution in [2.45, 2.75) is 13.0 Å². The first-order valence-electron chi connectivity index (χ1n) is 6.59. The topological polar surface area (TPSA) is 21.3 Å². The van der Waals surface area contributed by atoms with E-state index in [1.807, 2.05) is 31.2 Å². The van der Waals surface area contributed by atoms with Gasteiger partial charge in [0.15, 0.2) is 0 Å². The van der Waals surface area contributed by atoms with Crippen LogP contribution in [0.5, 0.6) is 5.75 Å². The number of rotatable bonds is 5.